The number of hydrogen-bond donors (Lipinski definition) is 1. The quantitative estimate of drug-likeness (QED) is 0.875. The number of nitrogens with zero attached hydrogens (tertiary/aromatic N) is 1. The Bertz CT molecular complexity index is 779. The predicted octanol–water partition coefficient (Wildman–Crippen LogP) is 4.00. The summed E-state index contributed by atoms with van der Waals surface area (Å²) in [6.07, 6.45) is 2.15. The molecular formula is C20H21F2NO3. The van der Waals surface area contributed by atoms with Crippen molar-refractivity contribution in [3.8, 4) is 5.75 Å². The van der Waals surface area contributed by atoms with Gasteiger partial charge in [0.2, 0.25) is 0 Å². The van der Waals surface area contributed by atoms with E-state index in [0.717, 1.165) is 24.5 Å². The van der Waals surface area contributed by atoms with Crippen molar-refractivity contribution in [1.29, 1.82) is 0 Å². The summed E-state index contributed by atoms with van der Waals surface area (Å²) in [5.41, 5.74) is 1.01. The summed E-state index contributed by atoms with van der Waals surface area (Å²) in [5, 5.41) is 9.63. The molecule has 0 saturated carbocycles. The van der Waals surface area contributed by atoms with Crippen LogP contribution in [0.2, 0.25) is 0 Å². The van der Waals surface area contributed by atoms with Gasteiger partial charge >= 0.3 is 5.97 Å². The third-order valence-corrected chi connectivity index (χ3v) is 4.85. The van der Waals surface area contributed by atoms with Crippen molar-refractivity contribution >= 4 is 5.97 Å². The topological polar surface area (TPSA) is 49.8 Å². The molecule has 1 N–H and O–H groups in total. The highest BCUT2D eigenvalue weighted by molar-refractivity contribution is 5.73. The molecule has 0 bridgehead atoms. The van der Waals surface area contributed by atoms with Crippen LogP contribution < -0.4 is 4.74 Å². The molecule has 2 atom stereocenters. The maximum absolute atomic E-state index is 14.6. The summed E-state index contributed by atoms with van der Waals surface area (Å²) in [5.74, 6) is -1.61. The lowest BCUT2D eigenvalue weighted by Gasteiger charge is -2.39. The number of rotatable bonds is 5. The molecule has 1 aliphatic rings. The van der Waals surface area contributed by atoms with Gasteiger partial charge in [-0.05, 0) is 43.1 Å². The third kappa shape index (κ3) is 3.70. The van der Waals surface area contributed by atoms with Crippen molar-refractivity contribution in [2.45, 2.75) is 31.3 Å². The van der Waals surface area contributed by atoms with Crippen LogP contribution in [0.3, 0.4) is 0 Å². The number of halogens is 2. The molecule has 0 spiro atoms. The standard InChI is InChI=1S/C20H21F2NO3/c1-26-15-8-5-13(6-9-15)19(16-10-7-14(21)12-17(16)22)23-11-3-2-4-18(23)20(24)25/h5-10,12,18-19H,2-4,11H2,1H3,(H,24,25). The van der Waals surface area contributed by atoms with Gasteiger partial charge in [-0.15, -0.1) is 0 Å². The molecule has 2 aromatic carbocycles. The Morgan fingerprint density at radius 2 is 1.92 bits per heavy atom. The largest absolute Gasteiger partial charge is 0.497 e. The molecule has 0 amide bonds. The van der Waals surface area contributed by atoms with Crippen LogP contribution in [0.15, 0.2) is 42.5 Å². The lowest BCUT2D eigenvalue weighted by molar-refractivity contribution is -0.145. The highest BCUT2D eigenvalue weighted by atomic mass is 19.1. The molecule has 0 aliphatic carbocycles. The van der Waals surface area contributed by atoms with E-state index in [2.05, 4.69) is 0 Å². The van der Waals surface area contributed by atoms with Crippen LogP contribution in [0.25, 0.3) is 0 Å². The van der Waals surface area contributed by atoms with E-state index >= 15 is 0 Å². The van der Waals surface area contributed by atoms with Gasteiger partial charge in [-0.1, -0.05) is 24.6 Å². The number of carboxylic acid groups (broad SMARTS) is 1. The second kappa shape index (κ2) is 7.83. The third-order valence-electron chi connectivity index (χ3n) is 4.85. The molecule has 2 aromatic rings. The number of methoxy groups -OCH3 is 1. The molecule has 1 saturated heterocycles. The van der Waals surface area contributed by atoms with Gasteiger partial charge in [-0.3, -0.25) is 9.69 Å². The van der Waals surface area contributed by atoms with Crippen LogP contribution in [-0.4, -0.2) is 35.7 Å². The first kappa shape index (κ1) is 18.3. The highest BCUT2D eigenvalue weighted by Gasteiger charge is 2.36. The number of carboxylic acids is 1. The molecule has 3 rings (SSSR count). The van der Waals surface area contributed by atoms with Crippen molar-refractivity contribution in [1.82, 2.24) is 4.90 Å². The Labute approximate surface area is 151 Å². The van der Waals surface area contributed by atoms with E-state index < -0.39 is 29.7 Å². The average molecular weight is 361 g/mol. The number of benzene rings is 2. The fourth-order valence-corrected chi connectivity index (χ4v) is 3.59. The maximum atomic E-state index is 14.6. The number of ether oxygens (including phenoxy) is 1. The van der Waals surface area contributed by atoms with E-state index in [9.17, 15) is 18.7 Å². The van der Waals surface area contributed by atoms with E-state index in [1.807, 2.05) is 0 Å². The van der Waals surface area contributed by atoms with Gasteiger partial charge in [0.05, 0.1) is 13.2 Å². The Kier molecular flexibility index (Phi) is 5.52. The number of piperidine rings is 1. The van der Waals surface area contributed by atoms with Gasteiger partial charge in [-0.25, -0.2) is 8.78 Å². The summed E-state index contributed by atoms with van der Waals surface area (Å²) in [6.45, 7) is 0.532. The number of aliphatic carboxylic acids is 1. The van der Waals surface area contributed by atoms with Gasteiger partial charge < -0.3 is 9.84 Å². The van der Waals surface area contributed by atoms with Crippen LogP contribution in [0, 0.1) is 11.6 Å². The Hall–Kier alpha value is -2.47. The van der Waals surface area contributed by atoms with Crippen molar-refractivity contribution in [3.63, 3.8) is 0 Å². The number of carbonyl (C=O) groups is 1. The number of likely N-dealkylation sites (tertiary alicyclic amines) is 1. The minimum Gasteiger partial charge on any atom is -0.497 e. The summed E-state index contributed by atoms with van der Waals surface area (Å²) >= 11 is 0. The van der Waals surface area contributed by atoms with Crippen LogP contribution >= 0.6 is 0 Å². The highest BCUT2D eigenvalue weighted by Crippen LogP contribution is 2.36. The summed E-state index contributed by atoms with van der Waals surface area (Å²) in [7, 11) is 1.55. The lowest BCUT2D eigenvalue weighted by Crippen LogP contribution is -2.47. The zero-order valence-electron chi connectivity index (χ0n) is 14.5. The molecule has 0 radical (unpaired) electrons. The molecule has 0 aromatic heterocycles. The molecular weight excluding hydrogens is 340 g/mol. The minimum absolute atomic E-state index is 0.268. The van der Waals surface area contributed by atoms with Gasteiger partial charge in [0.1, 0.15) is 23.4 Å². The molecule has 138 valence electrons. The van der Waals surface area contributed by atoms with Gasteiger partial charge in [0.15, 0.2) is 0 Å². The van der Waals surface area contributed by atoms with E-state index in [1.165, 1.54) is 12.1 Å². The monoisotopic (exact) mass is 361 g/mol. The molecule has 26 heavy (non-hydrogen) atoms. The van der Waals surface area contributed by atoms with Crippen LogP contribution in [0.5, 0.6) is 5.75 Å². The Balaban J connectivity index is 2.09. The second-order valence-electron chi connectivity index (χ2n) is 6.43. The van der Waals surface area contributed by atoms with Crippen molar-refractivity contribution in [2.24, 2.45) is 0 Å². The molecule has 6 heteroatoms. The predicted molar refractivity (Wildman–Crippen MR) is 93.2 cm³/mol. The zero-order chi connectivity index (χ0) is 18.7. The maximum Gasteiger partial charge on any atom is 0.320 e. The summed E-state index contributed by atoms with van der Waals surface area (Å²) in [6, 6.07) is 9.21. The summed E-state index contributed by atoms with van der Waals surface area (Å²) < 4.78 is 33.1. The van der Waals surface area contributed by atoms with Crippen molar-refractivity contribution < 1.29 is 23.4 Å². The van der Waals surface area contributed by atoms with Gasteiger partial charge in [-0.2, -0.15) is 0 Å². The summed E-state index contributed by atoms with van der Waals surface area (Å²) in [4.78, 5) is 13.6. The van der Waals surface area contributed by atoms with Crippen molar-refractivity contribution in [3.05, 3.63) is 65.2 Å². The number of hydrogen-bond acceptors (Lipinski definition) is 3. The zero-order valence-corrected chi connectivity index (χ0v) is 14.5. The first-order valence-electron chi connectivity index (χ1n) is 8.58. The van der Waals surface area contributed by atoms with E-state index in [-0.39, 0.29) is 5.56 Å². The smallest absolute Gasteiger partial charge is 0.320 e. The fourth-order valence-electron chi connectivity index (χ4n) is 3.59. The second-order valence-corrected chi connectivity index (χ2v) is 6.43. The van der Waals surface area contributed by atoms with Crippen molar-refractivity contribution in [2.75, 3.05) is 13.7 Å². The average Bonchev–Trinajstić information content (AvgIpc) is 2.64. The first-order valence-corrected chi connectivity index (χ1v) is 8.58. The Morgan fingerprint density at radius 1 is 1.19 bits per heavy atom. The normalized spacial score (nSPS) is 19.1. The molecule has 2 unspecified atom stereocenters. The van der Waals surface area contributed by atoms with Gasteiger partial charge in [0, 0.05) is 11.6 Å². The van der Waals surface area contributed by atoms with Crippen LogP contribution in [-0.2, 0) is 4.79 Å². The van der Waals surface area contributed by atoms with Crippen LogP contribution in [0.1, 0.15) is 36.4 Å². The molecule has 1 aliphatic heterocycles. The fraction of sp³-hybridized carbons (Fsp3) is 0.350. The van der Waals surface area contributed by atoms with E-state index in [1.54, 1.807) is 36.3 Å². The first-order chi connectivity index (χ1) is 12.5. The van der Waals surface area contributed by atoms with E-state index in [4.69, 9.17) is 4.74 Å². The Morgan fingerprint density at radius 3 is 2.54 bits per heavy atom. The van der Waals surface area contributed by atoms with E-state index in [0.29, 0.717) is 18.7 Å². The minimum atomic E-state index is -0.925. The molecule has 1 fully saturated rings. The molecule has 4 nitrogen and oxygen atoms in total. The molecule has 1 heterocycles. The van der Waals surface area contributed by atoms with Gasteiger partial charge in [0.25, 0.3) is 0 Å². The van der Waals surface area contributed by atoms with Crippen LogP contribution in [0.4, 0.5) is 8.78 Å². The SMILES string of the molecule is COc1ccc(C(c2ccc(F)cc2F)N2CCCCC2C(=O)O)cc1. The lowest BCUT2D eigenvalue weighted by atomic mass is 9.91.